The molecule has 3 aromatic rings. The lowest BCUT2D eigenvalue weighted by Crippen LogP contribution is -2.32. The van der Waals surface area contributed by atoms with Crippen molar-refractivity contribution in [2.24, 2.45) is 5.92 Å². The van der Waals surface area contributed by atoms with Gasteiger partial charge in [-0.25, -0.2) is 4.98 Å². The smallest absolute Gasteiger partial charge is 0.251 e. The second-order valence-corrected chi connectivity index (χ2v) is 8.91. The Morgan fingerprint density at radius 1 is 1.13 bits per heavy atom. The second kappa shape index (κ2) is 9.36. The number of nitrogens with one attached hydrogen (secondary N) is 2. The van der Waals surface area contributed by atoms with E-state index in [0.29, 0.717) is 10.7 Å². The fraction of sp³-hybridized carbons (Fsp3) is 0.348. The van der Waals surface area contributed by atoms with Gasteiger partial charge in [0, 0.05) is 12.1 Å². The third kappa shape index (κ3) is 5.23. The van der Waals surface area contributed by atoms with Gasteiger partial charge in [-0.05, 0) is 61.7 Å². The largest absolute Gasteiger partial charge is 0.343 e. The van der Waals surface area contributed by atoms with Crippen LogP contribution in [-0.4, -0.2) is 41.3 Å². The Bertz CT molecular complexity index is 1030. The maximum atomic E-state index is 12.2. The molecular weight excluding hydrogens is 396 g/mol. The predicted octanol–water partition coefficient (Wildman–Crippen LogP) is 3.90. The number of carbonyl (C=O) groups is 2. The first-order valence-corrected chi connectivity index (χ1v) is 11.1. The first kappa shape index (κ1) is 20.5. The van der Waals surface area contributed by atoms with Crippen molar-refractivity contribution in [1.29, 1.82) is 0 Å². The molecule has 0 radical (unpaired) electrons. The molecule has 30 heavy (non-hydrogen) atoms. The number of hydrogen-bond acceptors (Lipinski definition) is 5. The first-order valence-electron chi connectivity index (χ1n) is 10.3. The highest BCUT2D eigenvalue weighted by Crippen LogP contribution is 2.28. The fourth-order valence-corrected chi connectivity index (χ4v) is 4.56. The lowest BCUT2D eigenvalue weighted by Gasteiger charge is -2.30. The summed E-state index contributed by atoms with van der Waals surface area (Å²) >= 11 is 1.46. The van der Waals surface area contributed by atoms with E-state index >= 15 is 0 Å². The Kier molecular flexibility index (Phi) is 6.40. The number of piperidine rings is 1. The van der Waals surface area contributed by atoms with E-state index in [-0.39, 0.29) is 18.4 Å². The predicted molar refractivity (Wildman–Crippen MR) is 121 cm³/mol. The quantitative estimate of drug-likeness (QED) is 0.632. The molecule has 1 saturated heterocycles. The first-order chi connectivity index (χ1) is 14.6. The van der Waals surface area contributed by atoms with Crippen LogP contribution in [0.5, 0.6) is 0 Å². The number of likely N-dealkylation sites (tertiary alicyclic amines) is 1. The number of hydrogen-bond donors (Lipinski definition) is 2. The summed E-state index contributed by atoms with van der Waals surface area (Å²) in [6.07, 6.45) is 2.53. The maximum absolute atomic E-state index is 12.2. The molecule has 1 aromatic heterocycles. The lowest BCUT2D eigenvalue weighted by molar-refractivity contribution is -0.115. The molecule has 7 heteroatoms. The summed E-state index contributed by atoms with van der Waals surface area (Å²) in [7, 11) is 0. The van der Waals surface area contributed by atoms with Gasteiger partial charge in [0.15, 0.2) is 5.13 Å². The molecule has 2 heterocycles. The van der Waals surface area contributed by atoms with Crippen LogP contribution in [0.3, 0.4) is 0 Å². The number of aromatic nitrogens is 1. The monoisotopic (exact) mass is 422 g/mol. The molecule has 4 rings (SSSR count). The minimum absolute atomic E-state index is 0.0950. The van der Waals surface area contributed by atoms with Crippen LogP contribution in [0.1, 0.15) is 35.7 Å². The van der Waals surface area contributed by atoms with E-state index in [1.165, 1.54) is 29.7 Å². The standard InChI is InChI=1S/C23H26N4O2S/c1-16-9-11-27(12-10-16)15-17-7-8-19-20(13-17)30-23(25-19)26-21(28)14-24-22(29)18-5-3-2-4-6-18/h2-8,13,16H,9-12,14-15H2,1H3,(H,24,29)(H,25,26,28). The fourth-order valence-electron chi connectivity index (χ4n) is 3.61. The molecule has 0 saturated carbocycles. The molecule has 0 bridgehead atoms. The number of carbonyl (C=O) groups excluding carboxylic acids is 2. The summed E-state index contributed by atoms with van der Waals surface area (Å²) in [5.41, 5.74) is 2.68. The molecule has 6 nitrogen and oxygen atoms in total. The van der Waals surface area contributed by atoms with E-state index in [2.05, 4.69) is 39.6 Å². The molecule has 2 amide bonds. The van der Waals surface area contributed by atoms with Crippen LogP contribution in [-0.2, 0) is 11.3 Å². The van der Waals surface area contributed by atoms with Crippen LogP contribution in [0.2, 0.25) is 0 Å². The summed E-state index contributed by atoms with van der Waals surface area (Å²) in [6, 6.07) is 15.1. The molecule has 2 N–H and O–H groups in total. The SMILES string of the molecule is CC1CCN(Cc2ccc3nc(NC(=O)CNC(=O)c4ccccc4)sc3c2)CC1. The summed E-state index contributed by atoms with van der Waals surface area (Å²) in [6.45, 7) is 5.48. The Morgan fingerprint density at radius 3 is 2.67 bits per heavy atom. The van der Waals surface area contributed by atoms with Crippen molar-refractivity contribution in [3.05, 3.63) is 59.7 Å². The number of nitrogens with zero attached hydrogens (tertiary/aromatic N) is 2. The van der Waals surface area contributed by atoms with Crippen LogP contribution in [0.25, 0.3) is 10.2 Å². The van der Waals surface area contributed by atoms with Crippen molar-refractivity contribution in [2.75, 3.05) is 25.0 Å². The number of amides is 2. The molecule has 2 aromatic carbocycles. The summed E-state index contributed by atoms with van der Waals surface area (Å²) in [5, 5.41) is 5.97. The highest BCUT2D eigenvalue weighted by atomic mass is 32.1. The molecule has 0 spiro atoms. The van der Waals surface area contributed by atoms with Gasteiger partial charge in [-0.2, -0.15) is 0 Å². The third-order valence-electron chi connectivity index (χ3n) is 5.43. The highest BCUT2D eigenvalue weighted by Gasteiger charge is 2.16. The van der Waals surface area contributed by atoms with Gasteiger partial charge >= 0.3 is 0 Å². The van der Waals surface area contributed by atoms with Crippen molar-refractivity contribution in [3.63, 3.8) is 0 Å². The molecule has 1 fully saturated rings. The topological polar surface area (TPSA) is 74.3 Å². The highest BCUT2D eigenvalue weighted by molar-refractivity contribution is 7.22. The van der Waals surface area contributed by atoms with Gasteiger partial charge in [-0.1, -0.05) is 42.5 Å². The number of rotatable bonds is 6. The van der Waals surface area contributed by atoms with Crippen LogP contribution in [0, 0.1) is 5.92 Å². The Balaban J connectivity index is 1.33. The van der Waals surface area contributed by atoms with Gasteiger partial charge in [0.2, 0.25) is 5.91 Å². The zero-order chi connectivity index (χ0) is 20.9. The molecule has 156 valence electrons. The van der Waals surface area contributed by atoms with E-state index < -0.39 is 0 Å². The molecule has 0 atom stereocenters. The minimum atomic E-state index is -0.291. The van der Waals surface area contributed by atoms with Crippen LogP contribution in [0.15, 0.2) is 48.5 Å². The van der Waals surface area contributed by atoms with Gasteiger partial charge in [-0.3, -0.25) is 14.5 Å². The third-order valence-corrected chi connectivity index (χ3v) is 6.36. The van der Waals surface area contributed by atoms with Gasteiger partial charge in [0.25, 0.3) is 5.91 Å². The average molecular weight is 423 g/mol. The van der Waals surface area contributed by atoms with Crippen LogP contribution >= 0.6 is 11.3 Å². The number of fused-ring (bicyclic) bond motifs is 1. The second-order valence-electron chi connectivity index (χ2n) is 7.88. The normalized spacial score (nSPS) is 15.2. The Morgan fingerprint density at radius 2 is 1.90 bits per heavy atom. The maximum Gasteiger partial charge on any atom is 0.251 e. The van der Waals surface area contributed by atoms with Crippen molar-refractivity contribution < 1.29 is 9.59 Å². The zero-order valence-corrected chi connectivity index (χ0v) is 17.9. The molecule has 1 aliphatic rings. The number of benzene rings is 2. The van der Waals surface area contributed by atoms with Gasteiger partial charge in [0.1, 0.15) is 0 Å². The Hall–Kier alpha value is -2.77. The van der Waals surface area contributed by atoms with Crippen molar-refractivity contribution in [3.8, 4) is 0 Å². The molecule has 0 unspecified atom stereocenters. The van der Waals surface area contributed by atoms with E-state index in [1.54, 1.807) is 24.3 Å². The number of anilines is 1. The molecule has 1 aliphatic heterocycles. The van der Waals surface area contributed by atoms with Gasteiger partial charge in [0.05, 0.1) is 16.8 Å². The van der Waals surface area contributed by atoms with Crippen molar-refractivity contribution >= 4 is 38.5 Å². The zero-order valence-electron chi connectivity index (χ0n) is 17.1. The van der Waals surface area contributed by atoms with E-state index in [4.69, 9.17) is 0 Å². The molecular formula is C23H26N4O2S. The van der Waals surface area contributed by atoms with Crippen LogP contribution < -0.4 is 10.6 Å². The lowest BCUT2D eigenvalue weighted by atomic mass is 9.99. The van der Waals surface area contributed by atoms with Crippen molar-refractivity contribution in [2.45, 2.75) is 26.3 Å². The summed E-state index contributed by atoms with van der Waals surface area (Å²) in [5.74, 6) is 0.265. The minimum Gasteiger partial charge on any atom is -0.343 e. The van der Waals surface area contributed by atoms with E-state index in [9.17, 15) is 9.59 Å². The van der Waals surface area contributed by atoms with Crippen molar-refractivity contribution in [1.82, 2.24) is 15.2 Å². The molecule has 0 aliphatic carbocycles. The van der Waals surface area contributed by atoms with Crippen LogP contribution in [0.4, 0.5) is 5.13 Å². The van der Waals surface area contributed by atoms with E-state index in [0.717, 1.165) is 35.8 Å². The number of thiazole rings is 1. The summed E-state index contributed by atoms with van der Waals surface area (Å²) < 4.78 is 1.06. The Labute approximate surface area is 180 Å². The van der Waals surface area contributed by atoms with Gasteiger partial charge < -0.3 is 10.6 Å². The van der Waals surface area contributed by atoms with E-state index in [1.807, 2.05) is 12.1 Å². The average Bonchev–Trinajstić information content (AvgIpc) is 3.15. The summed E-state index contributed by atoms with van der Waals surface area (Å²) in [4.78, 5) is 31.3. The van der Waals surface area contributed by atoms with Gasteiger partial charge in [-0.15, -0.1) is 0 Å².